The number of piperazine rings is 1. The van der Waals surface area contributed by atoms with Crippen molar-refractivity contribution in [2.24, 2.45) is 0 Å². The van der Waals surface area contributed by atoms with Crippen LogP contribution in [0.4, 0.5) is 22.7 Å². The zero-order chi connectivity index (χ0) is 25.1. The minimum atomic E-state index is -0.114. The van der Waals surface area contributed by atoms with E-state index in [0.717, 1.165) is 59.9 Å². The van der Waals surface area contributed by atoms with E-state index in [9.17, 15) is 9.59 Å². The monoisotopic (exact) mass is 481 g/mol. The van der Waals surface area contributed by atoms with Crippen molar-refractivity contribution in [2.45, 2.75) is 13.3 Å². The van der Waals surface area contributed by atoms with Crippen molar-refractivity contribution in [3.63, 3.8) is 0 Å². The normalized spacial score (nSPS) is 16.6. The number of nitrogens with one attached hydrogen (secondary N) is 3. The Bertz CT molecular complexity index is 1310. The van der Waals surface area contributed by atoms with Crippen molar-refractivity contribution in [3.8, 4) is 0 Å². The molecule has 1 fully saturated rings. The molecule has 0 saturated carbocycles. The molecule has 0 aromatic heterocycles. The Hall–Kier alpha value is -4.10. The Morgan fingerprint density at radius 1 is 0.944 bits per heavy atom. The average Bonchev–Trinajstić information content (AvgIpc) is 3.17. The molecule has 2 amide bonds. The van der Waals surface area contributed by atoms with E-state index in [4.69, 9.17) is 0 Å². The molecule has 0 unspecified atom stereocenters. The van der Waals surface area contributed by atoms with Crippen LogP contribution in [-0.4, -0.2) is 49.9 Å². The van der Waals surface area contributed by atoms with Crippen molar-refractivity contribution in [1.82, 2.24) is 4.90 Å². The zero-order valence-electron chi connectivity index (χ0n) is 20.7. The molecule has 3 aromatic rings. The molecule has 3 aromatic carbocycles. The van der Waals surface area contributed by atoms with Crippen molar-refractivity contribution >= 4 is 40.1 Å². The molecule has 7 heteroatoms. The van der Waals surface area contributed by atoms with Gasteiger partial charge >= 0.3 is 0 Å². The summed E-state index contributed by atoms with van der Waals surface area (Å²) in [6.07, 6.45) is 2.48. The lowest BCUT2D eigenvalue weighted by atomic mass is 9.99. The van der Waals surface area contributed by atoms with Gasteiger partial charge in [-0.1, -0.05) is 18.2 Å². The third-order valence-electron chi connectivity index (χ3n) is 6.64. The molecule has 0 bridgehead atoms. The Morgan fingerprint density at radius 3 is 2.44 bits per heavy atom. The molecule has 0 spiro atoms. The fourth-order valence-electron chi connectivity index (χ4n) is 4.68. The predicted octanol–water partition coefficient (Wildman–Crippen LogP) is 4.39. The van der Waals surface area contributed by atoms with E-state index < -0.39 is 0 Å². The van der Waals surface area contributed by atoms with Gasteiger partial charge in [0.25, 0.3) is 5.91 Å². The second-order valence-corrected chi connectivity index (χ2v) is 9.43. The van der Waals surface area contributed by atoms with Crippen LogP contribution in [0, 0.1) is 0 Å². The highest BCUT2D eigenvalue weighted by atomic mass is 16.2. The molecule has 1 saturated heterocycles. The first-order chi connectivity index (χ1) is 17.4. The van der Waals surface area contributed by atoms with Crippen LogP contribution in [0.2, 0.25) is 0 Å². The van der Waals surface area contributed by atoms with Gasteiger partial charge in [-0.15, -0.1) is 0 Å². The molecule has 3 N–H and O–H groups in total. The van der Waals surface area contributed by atoms with Gasteiger partial charge in [0.15, 0.2) is 0 Å². The third kappa shape index (κ3) is 5.42. The number of carbonyl (C=O) groups excluding carboxylic acids is 2. The number of benzene rings is 3. The highest BCUT2D eigenvalue weighted by Gasteiger charge is 2.24. The van der Waals surface area contributed by atoms with E-state index in [2.05, 4.69) is 63.1 Å². The smallest absolute Gasteiger partial charge is 0.257 e. The maximum absolute atomic E-state index is 12.7. The summed E-state index contributed by atoms with van der Waals surface area (Å²) in [6, 6.07) is 22.2. The van der Waals surface area contributed by atoms with Crippen LogP contribution in [0.5, 0.6) is 0 Å². The number of likely N-dealkylation sites (N-methyl/N-ethyl adjacent to an activating group) is 1. The summed E-state index contributed by atoms with van der Waals surface area (Å²) < 4.78 is 0. The first-order valence-electron chi connectivity index (χ1n) is 12.3. The quantitative estimate of drug-likeness (QED) is 0.455. The Morgan fingerprint density at radius 2 is 1.69 bits per heavy atom. The van der Waals surface area contributed by atoms with Gasteiger partial charge in [0, 0.05) is 67.6 Å². The van der Waals surface area contributed by atoms with Crippen molar-refractivity contribution in [3.05, 3.63) is 89.6 Å². The molecule has 36 heavy (non-hydrogen) atoms. The number of hydrogen-bond donors (Lipinski definition) is 3. The number of nitrogens with zero attached hydrogens (tertiary/aromatic N) is 2. The molecule has 2 heterocycles. The minimum absolute atomic E-state index is 0.0921. The van der Waals surface area contributed by atoms with Gasteiger partial charge in [0.2, 0.25) is 5.91 Å². The largest absolute Gasteiger partial charge is 0.369 e. The number of rotatable bonds is 6. The van der Waals surface area contributed by atoms with Gasteiger partial charge in [-0.2, -0.15) is 0 Å². The minimum Gasteiger partial charge on any atom is -0.369 e. The van der Waals surface area contributed by atoms with E-state index in [1.165, 1.54) is 12.6 Å². The van der Waals surface area contributed by atoms with Gasteiger partial charge in [-0.3, -0.25) is 9.59 Å². The van der Waals surface area contributed by atoms with E-state index >= 15 is 0 Å². The number of carbonyl (C=O) groups is 2. The molecule has 2 aliphatic heterocycles. The van der Waals surface area contributed by atoms with E-state index in [1.54, 1.807) is 6.20 Å². The van der Waals surface area contributed by atoms with Crippen molar-refractivity contribution in [1.29, 1.82) is 0 Å². The van der Waals surface area contributed by atoms with E-state index in [0.29, 0.717) is 12.0 Å². The Kier molecular flexibility index (Phi) is 6.73. The molecule has 0 radical (unpaired) electrons. The standard InChI is InChI=1S/C29H31N5O2/c1-20(35)31-24-5-3-4-21(17-24)16-22-6-11-28-26(18-22)27(29(36)32-28)19-30-23-7-9-25(10-8-23)34-14-12-33(2)13-15-34/h3-11,17-19,30H,12-16H2,1-2H3,(H,31,35)(H,32,36)/b27-19+. The maximum atomic E-state index is 12.7. The summed E-state index contributed by atoms with van der Waals surface area (Å²) in [4.78, 5) is 28.8. The SMILES string of the molecule is CC(=O)Nc1cccc(Cc2ccc3c(c2)/C(=C\Nc2ccc(N4CCN(C)CC4)cc2)C(=O)N3)c1. The van der Waals surface area contributed by atoms with Crippen LogP contribution in [0.25, 0.3) is 5.57 Å². The molecule has 5 rings (SSSR count). The van der Waals surface area contributed by atoms with Crippen LogP contribution in [0.3, 0.4) is 0 Å². The molecule has 0 atom stereocenters. The predicted molar refractivity (Wildman–Crippen MR) is 146 cm³/mol. The number of anilines is 4. The summed E-state index contributed by atoms with van der Waals surface area (Å²) in [5.74, 6) is -0.207. The molecule has 184 valence electrons. The van der Waals surface area contributed by atoms with Crippen LogP contribution >= 0.6 is 0 Å². The van der Waals surface area contributed by atoms with Gasteiger partial charge < -0.3 is 25.8 Å². The molecular weight excluding hydrogens is 450 g/mol. The van der Waals surface area contributed by atoms with Crippen LogP contribution in [-0.2, 0) is 16.0 Å². The number of fused-ring (bicyclic) bond motifs is 1. The summed E-state index contributed by atoms with van der Waals surface area (Å²) in [6.45, 7) is 5.71. The number of hydrogen-bond acceptors (Lipinski definition) is 5. The van der Waals surface area contributed by atoms with Gasteiger partial charge in [0.1, 0.15) is 0 Å². The number of amides is 2. The summed E-state index contributed by atoms with van der Waals surface area (Å²) in [7, 11) is 2.16. The molecular formula is C29H31N5O2. The van der Waals surface area contributed by atoms with Gasteiger partial charge in [-0.25, -0.2) is 0 Å². The van der Waals surface area contributed by atoms with Crippen LogP contribution in [0.1, 0.15) is 23.6 Å². The fourth-order valence-corrected chi connectivity index (χ4v) is 4.68. The summed E-state index contributed by atoms with van der Waals surface area (Å²) >= 11 is 0. The second kappa shape index (κ2) is 10.3. The maximum Gasteiger partial charge on any atom is 0.257 e. The fraction of sp³-hybridized carbons (Fsp3) is 0.241. The lowest BCUT2D eigenvalue weighted by Crippen LogP contribution is -2.44. The average molecular weight is 482 g/mol. The first kappa shape index (κ1) is 23.6. The molecule has 7 nitrogen and oxygen atoms in total. The Labute approximate surface area is 211 Å². The zero-order valence-corrected chi connectivity index (χ0v) is 20.7. The van der Waals surface area contributed by atoms with E-state index in [-0.39, 0.29) is 11.8 Å². The van der Waals surface area contributed by atoms with Gasteiger partial charge in [0.05, 0.1) is 5.57 Å². The highest BCUT2D eigenvalue weighted by Crippen LogP contribution is 2.33. The van der Waals surface area contributed by atoms with Crippen molar-refractivity contribution < 1.29 is 9.59 Å². The first-order valence-corrected chi connectivity index (χ1v) is 12.3. The van der Waals surface area contributed by atoms with Crippen LogP contribution in [0.15, 0.2) is 72.9 Å². The molecule has 2 aliphatic rings. The Balaban J connectivity index is 1.29. The summed E-state index contributed by atoms with van der Waals surface area (Å²) in [5.41, 5.74) is 7.43. The summed E-state index contributed by atoms with van der Waals surface area (Å²) in [5, 5.41) is 9.08. The topological polar surface area (TPSA) is 76.7 Å². The third-order valence-corrected chi connectivity index (χ3v) is 6.64. The van der Waals surface area contributed by atoms with Crippen molar-refractivity contribution in [2.75, 3.05) is 54.1 Å². The highest BCUT2D eigenvalue weighted by molar-refractivity contribution is 6.31. The second-order valence-electron chi connectivity index (χ2n) is 9.43. The lowest BCUT2D eigenvalue weighted by molar-refractivity contribution is -0.114. The van der Waals surface area contributed by atoms with Gasteiger partial charge in [-0.05, 0) is 73.1 Å². The molecule has 0 aliphatic carbocycles. The van der Waals surface area contributed by atoms with E-state index in [1.807, 2.05) is 36.4 Å². The van der Waals surface area contributed by atoms with Crippen LogP contribution < -0.4 is 20.9 Å². The lowest BCUT2D eigenvalue weighted by Gasteiger charge is -2.34.